The molecule has 21 heavy (non-hydrogen) atoms. The molecule has 0 fully saturated rings. The fourth-order valence-electron chi connectivity index (χ4n) is 2.22. The van der Waals surface area contributed by atoms with Crippen molar-refractivity contribution >= 4 is 16.9 Å². The van der Waals surface area contributed by atoms with E-state index in [0.29, 0.717) is 19.7 Å². The Hall–Kier alpha value is -2.41. The predicted molar refractivity (Wildman–Crippen MR) is 78.1 cm³/mol. The highest BCUT2D eigenvalue weighted by Crippen LogP contribution is 2.23. The summed E-state index contributed by atoms with van der Waals surface area (Å²) in [6, 6.07) is 3.93. The molecular weight excluding hydrogens is 270 g/mol. The van der Waals surface area contributed by atoms with Crippen LogP contribution in [0.5, 0.6) is 0 Å². The van der Waals surface area contributed by atoms with Crippen LogP contribution in [0.3, 0.4) is 0 Å². The number of rotatable bonds is 6. The van der Waals surface area contributed by atoms with Gasteiger partial charge in [-0.1, -0.05) is 0 Å². The number of H-pyrrole nitrogens is 1. The molecule has 0 bridgehead atoms. The van der Waals surface area contributed by atoms with E-state index >= 15 is 0 Å². The number of hydrogen-bond acceptors (Lipinski definition) is 6. The first-order valence-electron chi connectivity index (χ1n) is 6.71. The molecule has 0 saturated heterocycles. The molecule has 7 heteroatoms. The normalized spacial score (nSPS) is 11.1. The van der Waals surface area contributed by atoms with Gasteiger partial charge in [0.25, 0.3) is 0 Å². The molecule has 0 aliphatic carbocycles. The number of methoxy groups -OCH3 is 1. The summed E-state index contributed by atoms with van der Waals surface area (Å²) < 4.78 is 10.9. The van der Waals surface area contributed by atoms with Gasteiger partial charge in [-0.15, -0.1) is 0 Å². The van der Waals surface area contributed by atoms with Gasteiger partial charge in [0, 0.05) is 13.7 Å². The number of nitrogens with zero attached hydrogens (tertiary/aromatic N) is 4. The van der Waals surface area contributed by atoms with Gasteiger partial charge in [0.2, 0.25) is 0 Å². The zero-order valence-electron chi connectivity index (χ0n) is 12.0. The first-order valence-corrected chi connectivity index (χ1v) is 6.71. The fourth-order valence-corrected chi connectivity index (χ4v) is 2.22. The van der Waals surface area contributed by atoms with Gasteiger partial charge < -0.3 is 14.1 Å². The van der Waals surface area contributed by atoms with Gasteiger partial charge in [0.1, 0.15) is 23.7 Å². The van der Waals surface area contributed by atoms with E-state index in [4.69, 9.17) is 9.15 Å². The highest BCUT2D eigenvalue weighted by atomic mass is 16.5. The van der Waals surface area contributed by atoms with E-state index in [1.807, 2.05) is 19.1 Å². The van der Waals surface area contributed by atoms with E-state index in [0.717, 1.165) is 28.4 Å². The summed E-state index contributed by atoms with van der Waals surface area (Å²) in [5.74, 6) is 2.60. The van der Waals surface area contributed by atoms with Crippen LogP contribution in [0.25, 0.3) is 11.0 Å². The number of nitrogens with one attached hydrogen (secondary N) is 1. The number of aryl methyl sites for hydroxylation is 1. The molecule has 7 nitrogen and oxygen atoms in total. The second-order valence-electron chi connectivity index (χ2n) is 4.76. The Morgan fingerprint density at radius 3 is 3.00 bits per heavy atom. The summed E-state index contributed by atoms with van der Waals surface area (Å²) >= 11 is 0. The molecule has 3 aromatic heterocycles. The zero-order valence-corrected chi connectivity index (χ0v) is 12.0. The topological polar surface area (TPSA) is 80.1 Å². The van der Waals surface area contributed by atoms with Gasteiger partial charge in [0.15, 0.2) is 5.65 Å². The second-order valence-corrected chi connectivity index (χ2v) is 4.76. The standard InChI is InChI=1S/C14H17N5O2/c1-10-3-4-11(21-10)8-19(5-6-20-2)14-12-7-17-18-13(12)15-9-16-14/h3-4,7,9H,5-6,8H2,1-2H3,(H,15,16,17,18). The van der Waals surface area contributed by atoms with Gasteiger partial charge in [-0.2, -0.15) is 5.10 Å². The van der Waals surface area contributed by atoms with Gasteiger partial charge in [-0.25, -0.2) is 9.97 Å². The van der Waals surface area contributed by atoms with Crippen molar-refractivity contribution in [1.82, 2.24) is 20.2 Å². The Morgan fingerprint density at radius 1 is 1.33 bits per heavy atom. The quantitative estimate of drug-likeness (QED) is 0.746. The molecule has 0 aromatic carbocycles. The molecule has 0 aliphatic heterocycles. The SMILES string of the molecule is COCCN(Cc1ccc(C)o1)c1ncnc2[nH]ncc12. The first kappa shape index (κ1) is 13.6. The number of aromatic nitrogens is 4. The largest absolute Gasteiger partial charge is 0.464 e. The minimum absolute atomic E-state index is 0.600. The Kier molecular flexibility index (Phi) is 3.83. The number of anilines is 1. The van der Waals surface area contributed by atoms with Gasteiger partial charge in [-0.3, -0.25) is 5.10 Å². The Balaban J connectivity index is 1.92. The van der Waals surface area contributed by atoms with Crippen molar-refractivity contribution in [1.29, 1.82) is 0 Å². The van der Waals surface area contributed by atoms with Crippen molar-refractivity contribution < 1.29 is 9.15 Å². The summed E-state index contributed by atoms with van der Waals surface area (Å²) in [6.45, 7) is 3.85. The minimum atomic E-state index is 0.600. The van der Waals surface area contributed by atoms with Gasteiger partial charge >= 0.3 is 0 Å². The van der Waals surface area contributed by atoms with Gasteiger partial charge in [0.05, 0.1) is 24.7 Å². The average molecular weight is 287 g/mol. The molecule has 110 valence electrons. The van der Waals surface area contributed by atoms with Crippen molar-refractivity contribution in [2.24, 2.45) is 0 Å². The maximum atomic E-state index is 5.66. The zero-order chi connectivity index (χ0) is 14.7. The van der Waals surface area contributed by atoms with E-state index < -0.39 is 0 Å². The molecule has 0 radical (unpaired) electrons. The van der Waals surface area contributed by atoms with E-state index in [1.54, 1.807) is 13.3 Å². The highest BCUT2D eigenvalue weighted by Gasteiger charge is 2.15. The van der Waals surface area contributed by atoms with E-state index in [9.17, 15) is 0 Å². The Labute approximate surface area is 121 Å². The maximum Gasteiger partial charge on any atom is 0.160 e. The summed E-state index contributed by atoms with van der Waals surface area (Å²) in [5.41, 5.74) is 0.720. The Morgan fingerprint density at radius 2 is 2.24 bits per heavy atom. The van der Waals surface area contributed by atoms with Crippen LogP contribution in [0.2, 0.25) is 0 Å². The monoisotopic (exact) mass is 287 g/mol. The number of fused-ring (bicyclic) bond motifs is 1. The van der Waals surface area contributed by atoms with E-state index in [1.165, 1.54) is 6.33 Å². The van der Waals surface area contributed by atoms with Crippen LogP contribution < -0.4 is 4.90 Å². The second kappa shape index (κ2) is 5.92. The smallest absolute Gasteiger partial charge is 0.160 e. The number of furan rings is 1. The van der Waals surface area contributed by atoms with E-state index in [2.05, 4.69) is 25.1 Å². The fraction of sp³-hybridized carbons (Fsp3) is 0.357. The lowest BCUT2D eigenvalue weighted by molar-refractivity contribution is 0.204. The third kappa shape index (κ3) is 2.87. The number of aromatic amines is 1. The minimum Gasteiger partial charge on any atom is -0.464 e. The molecular formula is C14H17N5O2. The van der Waals surface area contributed by atoms with Crippen molar-refractivity contribution in [2.45, 2.75) is 13.5 Å². The molecule has 0 atom stereocenters. The number of ether oxygens (including phenoxy) is 1. The molecule has 1 N–H and O–H groups in total. The van der Waals surface area contributed by atoms with Crippen LogP contribution in [0.15, 0.2) is 29.1 Å². The molecule has 3 rings (SSSR count). The van der Waals surface area contributed by atoms with E-state index in [-0.39, 0.29) is 0 Å². The molecule has 0 aliphatic rings. The van der Waals surface area contributed by atoms with Crippen LogP contribution in [-0.2, 0) is 11.3 Å². The molecule has 3 aromatic rings. The van der Waals surface area contributed by atoms with Crippen molar-refractivity contribution in [3.63, 3.8) is 0 Å². The lowest BCUT2D eigenvalue weighted by Gasteiger charge is -2.22. The van der Waals surface area contributed by atoms with Crippen molar-refractivity contribution in [3.05, 3.63) is 36.2 Å². The third-order valence-corrected chi connectivity index (χ3v) is 3.23. The molecule has 0 amide bonds. The third-order valence-electron chi connectivity index (χ3n) is 3.23. The predicted octanol–water partition coefficient (Wildman–Crippen LogP) is 1.91. The lowest BCUT2D eigenvalue weighted by atomic mass is 10.3. The highest BCUT2D eigenvalue weighted by molar-refractivity contribution is 5.86. The summed E-state index contributed by atoms with van der Waals surface area (Å²) in [5, 5.41) is 7.77. The van der Waals surface area contributed by atoms with Crippen LogP contribution in [0.4, 0.5) is 5.82 Å². The molecule has 0 spiro atoms. The van der Waals surface area contributed by atoms with Crippen LogP contribution >= 0.6 is 0 Å². The molecule has 3 heterocycles. The van der Waals surface area contributed by atoms with Crippen molar-refractivity contribution in [2.75, 3.05) is 25.2 Å². The Bertz CT molecular complexity index is 721. The lowest BCUT2D eigenvalue weighted by Crippen LogP contribution is -2.27. The summed E-state index contributed by atoms with van der Waals surface area (Å²) in [4.78, 5) is 10.7. The van der Waals surface area contributed by atoms with Crippen molar-refractivity contribution in [3.8, 4) is 0 Å². The maximum absolute atomic E-state index is 5.66. The average Bonchev–Trinajstić information content (AvgIpc) is 3.11. The van der Waals surface area contributed by atoms with Gasteiger partial charge in [-0.05, 0) is 19.1 Å². The number of hydrogen-bond donors (Lipinski definition) is 1. The van der Waals surface area contributed by atoms with Crippen LogP contribution in [0, 0.1) is 6.92 Å². The van der Waals surface area contributed by atoms with Crippen LogP contribution in [-0.4, -0.2) is 40.4 Å². The van der Waals surface area contributed by atoms with Crippen LogP contribution in [0.1, 0.15) is 11.5 Å². The summed E-state index contributed by atoms with van der Waals surface area (Å²) in [7, 11) is 1.68. The molecule has 0 unspecified atom stereocenters. The first-order chi connectivity index (χ1) is 10.3. The summed E-state index contributed by atoms with van der Waals surface area (Å²) in [6.07, 6.45) is 3.26. The molecule has 0 saturated carbocycles.